The predicted molar refractivity (Wildman–Crippen MR) is 196 cm³/mol. The smallest absolute Gasteiger partial charge is 0.253 e. The molecule has 0 amide bonds. The molecule has 46 heavy (non-hydrogen) atoms. The molecule has 0 unspecified atom stereocenters. The summed E-state index contributed by atoms with van der Waals surface area (Å²) in [7, 11) is 0. The SMILES string of the molecule is Cc1cc2c3c(c4c(-c5ccccc5)c5cc6ccccc6c6c5n4c2c2c1-n1c4c(c5cccc(c51)B26)CCC=C4)C=CCC3. The average Bonchev–Trinajstić information content (AvgIpc) is 3.63. The second-order valence-corrected chi connectivity index (χ2v) is 13.8. The maximum atomic E-state index is 2.72. The van der Waals surface area contributed by atoms with E-state index in [0.29, 0.717) is 0 Å². The van der Waals surface area contributed by atoms with Gasteiger partial charge in [-0.1, -0.05) is 91.0 Å². The minimum Gasteiger partial charge on any atom is -0.310 e. The molecule has 0 saturated carbocycles. The lowest BCUT2D eigenvalue weighted by Crippen LogP contribution is -2.59. The molecule has 214 valence electrons. The quantitative estimate of drug-likeness (QED) is 0.172. The van der Waals surface area contributed by atoms with Crippen LogP contribution < -0.4 is 16.4 Å². The molecule has 12 rings (SSSR count). The third kappa shape index (κ3) is 2.60. The normalized spacial score (nSPS) is 15.4. The fourth-order valence-electron chi connectivity index (χ4n) is 10.1. The number of hydrogen-bond donors (Lipinski definition) is 0. The summed E-state index contributed by atoms with van der Waals surface area (Å²) in [5.41, 5.74) is 21.3. The lowest BCUT2D eigenvalue weighted by molar-refractivity contribution is 0.965. The van der Waals surface area contributed by atoms with Crippen molar-refractivity contribution in [1.29, 1.82) is 0 Å². The first-order chi connectivity index (χ1) is 22.8. The van der Waals surface area contributed by atoms with Crippen LogP contribution in [0.4, 0.5) is 0 Å². The summed E-state index contributed by atoms with van der Waals surface area (Å²) < 4.78 is 5.38. The Balaban J connectivity index is 1.44. The topological polar surface area (TPSA) is 9.34 Å². The Morgan fingerprint density at radius 1 is 0.630 bits per heavy atom. The van der Waals surface area contributed by atoms with Crippen LogP contribution in [-0.4, -0.2) is 15.7 Å². The molecule has 0 atom stereocenters. The summed E-state index contributed by atoms with van der Waals surface area (Å²) in [5, 5.41) is 6.95. The molecule has 0 bridgehead atoms. The standard InChI is InChI=1S/C43H29BN2/c1-24-22-32-28-16-7-8-18-30(28)41-36(25-12-3-2-4-13-25)33-23-26-14-5-6-15-27(26)37-43(33)46(41)42(32)38-39(24)45-35-21-10-9-17-29(35)31-19-11-20-34(40(31)45)44(37)38/h2-6,8,10-15,18-23H,7,9,16-17H2,1H3. The molecule has 8 aromatic rings. The van der Waals surface area contributed by atoms with E-state index in [1.165, 1.54) is 110 Å². The van der Waals surface area contributed by atoms with Gasteiger partial charge in [0, 0.05) is 44.2 Å². The number of pyridine rings is 1. The molecular formula is C43H29BN2. The van der Waals surface area contributed by atoms with Crippen molar-refractivity contribution in [2.24, 2.45) is 0 Å². The molecule has 0 spiro atoms. The molecule has 2 aliphatic heterocycles. The van der Waals surface area contributed by atoms with Crippen molar-refractivity contribution in [2.75, 3.05) is 0 Å². The summed E-state index contributed by atoms with van der Waals surface area (Å²) in [6, 6.07) is 32.5. The second kappa shape index (κ2) is 8.11. The molecule has 0 N–H and O–H groups in total. The van der Waals surface area contributed by atoms with E-state index in [0.717, 1.165) is 25.7 Å². The highest BCUT2D eigenvalue weighted by molar-refractivity contribution is 7.02. The molecule has 0 fully saturated rings. The van der Waals surface area contributed by atoms with Gasteiger partial charge >= 0.3 is 0 Å². The van der Waals surface area contributed by atoms with E-state index in [-0.39, 0.29) is 6.71 Å². The molecule has 3 heteroatoms. The highest BCUT2D eigenvalue weighted by atomic mass is 15.0. The Hall–Kier alpha value is -5.28. The molecule has 3 aromatic heterocycles. The number of aryl methyl sites for hydroxylation is 3. The Morgan fingerprint density at radius 3 is 2.33 bits per heavy atom. The lowest BCUT2D eigenvalue weighted by Gasteiger charge is -2.35. The largest absolute Gasteiger partial charge is 0.310 e. The molecule has 4 aliphatic rings. The zero-order chi connectivity index (χ0) is 29.8. The van der Waals surface area contributed by atoms with Crippen molar-refractivity contribution < 1.29 is 0 Å². The first kappa shape index (κ1) is 24.0. The number of benzene rings is 5. The molecule has 0 saturated heterocycles. The summed E-state index contributed by atoms with van der Waals surface area (Å²) in [5.74, 6) is 0. The summed E-state index contributed by atoms with van der Waals surface area (Å²) >= 11 is 0. The molecule has 2 aliphatic carbocycles. The minimum absolute atomic E-state index is 0.161. The van der Waals surface area contributed by atoms with Crippen molar-refractivity contribution in [3.63, 3.8) is 0 Å². The lowest BCUT2D eigenvalue weighted by atomic mass is 9.33. The number of hydrogen-bond acceptors (Lipinski definition) is 0. The van der Waals surface area contributed by atoms with Crippen molar-refractivity contribution in [3.8, 4) is 16.8 Å². The number of aromatic nitrogens is 2. The highest BCUT2D eigenvalue weighted by Crippen LogP contribution is 2.47. The van der Waals surface area contributed by atoms with Gasteiger partial charge in [-0.25, -0.2) is 0 Å². The van der Waals surface area contributed by atoms with Gasteiger partial charge in [0.2, 0.25) is 0 Å². The maximum Gasteiger partial charge on any atom is 0.253 e. The number of para-hydroxylation sites is 1. The highest BCUT2D eigenvalue weighted by Gasteiger charge is 2.43. The van der Waals surface area contributed by atoms with Crippen LogP contribution in [0.15, 0.2) is 97.1 Å². The van der Waals surface area contributed by atoms with Crippen LogP contribution in [0.5, 0.6) is 0 Å². The third-order valence-electron chi connectivity index (χ3n) is 11.7. The van der Waals surface area contributed by atoms with Gasteiger partial charge in [0.25, 0.3) is 6.71 Å². The van der Waals surface area contributed by atoms with Crippen molar-refractivity contribution >= 4 is 84.3 Å². The Kier molecular flexibility index (Phi) is 4.23. The van der Waals surface area contributed by atoms with Crippen LogP contribution in [0, 0.1) is 6.92 Å². The molecule has 0 radical (unpaired) electrons. The number of allylic oxidation sites excluding steroid dienone is 2. The molecule has 5 heterocycles. The van der Waals surface area contributed by atoms with Crippen LogP contribution in [0.1, 0.15) is 40.8 Å². The van der Waals surface area contributed by atoms with Gasteiger partial charge in [0.15, 0.2) is 0 Å². The zero-order valence-electron chi connectivity index (χ0n) is 25.7. The first-order valence-electron chi connectivity index (χ1n) is 16.9. The van der Waals surface area contributed by atoms with Gasteiger partial charge in [0.1, 0.15) is 0 Å². The maximum absolute atomic E-state index is 2.72. The van der Waals surface area contributed by atoms with Gasteiger partial charge < -0.3 is 8.97 Å². The first-order valence-corrected chi connectivity index (χ1v) is 16.9. The molecule has 2 nitrogen and oxygen atoms in total. The van der Waals surface area contributed by atoms with E-state index in [9.17, 15) is 0 Å². The third-order valence-corrected chi connectivity index (χ3v) is 11.7. The van der Waals surface area contributed by atoms with Crippen molar-refractivity contribution in [1.82, 2.24) is 8.97 Å². The van der Waals surface area contributed by atoms with Gasteiger partial charge in [0.05, 0.1) is 16.6 Å². The van der Waals surface area contributed by atoms with Gasteiger partial charge in [-0.05, 0) is 100 Å². The second-order valence-electron chi connectivity index (χ2n) is 13.8. The molecular weight excluding hydrogens is 555 g/mol. The predicted octanol–water partition coefficient (Wildman–Crippen LogP) is 8.38. The van der Waals surface area contributed by atoms with Crippen LogP contribution in [0.3, 0.4) is 0 Å². The number of fused-ring (bicyclic) bond motifs is 11. The summed E-state index contributed by atoms with van der Waals surface area (Å²) in [4.78, 5) is 0. The van der Waals surface area contributed by atoms with Crippen LogP contribution in [-0.2, 0) is 12.8 Å². The monoisotopic (exact) mass is 584 g/mol. The molecule has 5 aromatic carbocycles. The van der Waals surface area contributed by atoms with Crippen LogP contribution in [0.2, 0.25) is 0 Å². The minimum atomic E-state index is 0.161. The number of rotatable bonds is 1. The Morgan fingerprint density at radius 2 is 1.41 bits per heavy atom. The summed E-state index contributed by atoms with van der Waals surface area (Å²) in [6.45, 7) is 2.53. The van der Waals surface area contributed by atoms with E-state index < -0.39 is 0 Å². The van der Waals surface area contributed by atoms with Gasteiger partial charge in [-0.15, -0.1) is 0 Å². The van der Waals surface area contributed by atoms with E-state index in [1.54, 1.807) is 0 Å². The Labute approximate surface area is 267 Å². The van der Waals surface area contributed by atoms with E-state index in [2.05, 4.69) is 125 Å². The van der Waals surface area contributed by atoms with E-state index in [4.69, 9.17) is 0 Å². The van der Waals surface area contributed by atoms with Crippen molar-refractivity contribution in [3.05, 3.63) is 125 Å². The van der Waals surface area contributed by atoms with Crippen molar-refractivity contribution in [2.45, 2.75) is 32.6 Å². The number of nitrogens with zero attached hydrogens (tertiary/aromatic N) is 2. The fourth-order valence-corrected chi connectivity index (χ4v) is 10.1. The fraction of sp³-hybridized carbons (Fsp3) is 0.116. The zero-order valence-corrected chi connectivity index (χ0v) is 25.7. The summed E-state index contributed by atoms with van der Waals surface area (Å²) in [6.07, 6.45) is 14.0. The van der Waals surface area contributed by atoms with Crippen LogP contribution in [0.25, 0.3) is 78.0 Å². The average molecular weight is 585 g/mol. The van der Waals surface area contributed by atoms with E-state index >= 15 is 0 Å². The Bertz CT molecular complexity index is 2810. The van der Waals surface area contributed by atoms with Gasteiger partial charge in [-0.2, -0.15) is 0 Å². The van der Waals surface area contributed by atoms with Crippen LogP contribution >= 0.6 is 0 Å². The van der Waals surface area contributed by atoms with E-state index in [1.807, 2.05) is 0 Å². The van der Waals surface area contributed by atoms with Gasteiger partial charge in [-0.3, -0.25) is 0 Å².